The van der Waals surface area contributed by atoms with Gasteiger partial charge in [-0.25, -0.2) is 0 Å². The Bertz CT molecular complexity index is 869. The summed E-state index contributed by atoms with van der Waals surface area (Å²) in [7, 11) is 0. The molecule has 0 aliphatic heterocycles. The van der Waals surface area contributed by atoms with Crippen LogP contribution in [0.25, 0.3) is 5.69 Å². The topological polar surface area (TPSA) is 82.1 Å². The van der Waals surface area contributed by atoms with Gasteiger partial charge in [0.1, 0.15) is 0 Å². The second-order valence-electron chi connectivity index (χ2n) is 5.17. The molecule has 3 aromatic rings. The first-order valence-electron chi connectivity index (χ1n) is 7.42. The molecule has 0 aliphatic carbocycles. The minimum atomic E-state index is -0.583. The number of benzene rings is 2. The SMILES string of the molecule is CC(Sc1c([O-])on[n+]1-c1ccccc1)C(=O)Nc1ccc(Cl)cc1. The molecule has 1 heterocycles. The molecule has 6 nitrogen and oxygen atoms in total. The second-order valence-corrected chi connectivity index (χ2v) is 6.94. The minimum Gasteiger partial charge on any atom is -0.538 e. The lowest BCUT2D eigenvalue weighted by Crippen LogP contribution is -2.36. The average molecular weight is 376 g/mol. The Morgan fingerprint density at radius 3 is 2.60 bits per heavy atom. The van der Waals surface area contributed by atoms with Crippen LogP contribution in [0.1, 0.15) is 6.92 Å². The Morgan fingerprint density at radius 1 is 1.24 bits per heavy atom. The van der Waals surface area contributed by atoms with E-state index < -0.39 is 11.2 Å². The van der Waals surface area contributed by atoms with Crippen LogP contribution < -0.4 is 15.1 Å². The van der Waals surface area contributed by atoms with Gasteiger partial charge in [0.25, 0.3) is 5.03 Å². The molecule has 0 saturated carbocycles. The van der Waals surface area contributed by atoms with Crippen LogP contribution in [0, 0.1) is 0 Å². The smallest absolute Gasteiger partial charge is 0.298 e. The van der Waals surface area contributed by atoms with Crippen molar-refractivity contribution in [3.8, 4) is 11.6 Å². The van der Waals surface area contributed by atoms with Gasteiger partial charge in [0, 0.05) is 22.8 Å². The van der Waals surface area contributed by atoms with Crippen LogP contribution in [0.5, 0.6) is 5.95 Å². The fourth-order valence-corrected chi connectivity index (χ4v) is 3.07. The minimum absolute atomic E-state index is 0.241. The average Bonchev–Trinajstić information content (AvgIpc) is 2.98. The summed E-state index contributed by atoms with van der Waals surface area (Å²) in [6.07, 6.45) is 0. The number of nitrogens with zero attached hydrogens (tertiary/aromatic N) is 2. The second kappa shape index (κ2) is 7.58. The van der Waals surface area contributed by atoms with Crippen molar-refractivity contribution in [1.29, 1.82) is 0 Å². The Kier molecular flexibility index (Phi) is 5.25. The van der Waals surface area contributed by atoms with Crippen LogP contribution in [0.3, 0.4) is 0 Å². The van der Waals surface area contributed by atoms with Crippen molar-refractivity contribution in [2.75, 3.05) is 5.32 Å². The lowest BCUT2D eigenvalue weighted by atomic mass is 10.3. The van der Waals surface area contributed by atoms with Crippen molar-refractivity contribution in [2.45, 2.75) is 17.2 Å². The van der Waals surface area contributed by atoms with Crippen LogP contribution in [0.2, 0.25) is 5.02 Å². The number of hydrogen-bond donors (Lipinski definition) is 1. The van der Waals surface area contributed by atoms with Gasteiger partial charge < -0.3 is 14.9 Å². The number of hydrogen-bond acceptors (Lipinski definition) is 5. The van der Waals surface area contributed by atoms with Crippen LogP contribution in [-0.4, -0.2) is 16.4 Å². The van der Waals surface area contributed by atoms with E-state index in [2.05, 4.69) is 10.6 Å². The predicted octanol–water partition coefficient (Wildman–Crippen LogP) is 2.80. The highest BCUT2D eigenvalue weighted by atomic mass is 35.5. The normalized spacial score (nSPS) is 11.9. The van der Waals surface area contributed by atoms with Gasteiger partial charge >= 0.3 is 0 Å². The Morgan fingerprint density at radius 2 is 1.92 bits per heavy atom. The molecule has 0 fully saturated rings. The van der Waals surface area contributed by atoms with Crippen molar-refractivity contribution >= 4 is 35.0 Å². The molecule has 8 heteroatoms. The first-order valence-corrected chi connectivity index (χ1v) is 8.68. The number of para-hydroxylation sites is 1. The number of amides is 1. The van der Waals surface area contributed by atoms with E-state index in [0.29, 0.717) is 16.4 Å². The lowest BCUT2D eigenvalue weighted by Gasteiger charge is -2.10. The Balaban J connectivity index is 1.74. The number of thioether (sulfide) groups is 1. The first kappa shape index (κ1) is 17.3. The van der Waals surface area contributed by atoms with E-state index in [1.165, 1.54) is 4.68 Å². The third-order valence-corrected chi connectivity index (χ3v) is 4.73. The molecule has 1 N–H and O–H groups in total. The summed E-state index contributed by atoms with van der Waals surface area (Å²) >= 11 is 6.91. The number of anilines is 1. The van der Waals surface area contributed by atoms with E-state index >= 15 is 0 Å². The van der Waals surface area contributed by atoms with Gasteiger partial charge in [-0.05, 0) is 47.6 Å². The van der Waals surface area contributed by atoms with Gasteiger partial charge in [0.05, 0.1) is 10.5 Å². The molecule has 3 rings (SSSR count). The molecule has 1 unspecified atom stereocenters. The third-order valence-electron chi connectivity index (χ3n) is 3.34. The molecule has 0 aliphatic rings. The van der Waals surface area contributed by atoms with Crippen molar-refractivity contribution < 1.29 is 19.1 Å². The van der Waals surface area contributed by atoms with Crippen LogP contribution in [-0.2, 0) is 4.79 Å². The lowest BCUT2D eigenvalue weighted by molar-refractivity contribution is -0.705. The summed E-state index contributed by atoms with van der Waals surface area (Å²) in [5.74, 6) is -0.826. The fourth-order valence-electron chi connectivity index (χ4n) is 2.07. The summed E-state index contributed by atoms with van der Waals surface area (Å²) in [5.41, 5.74) is 1.31. The molecule has 25 heavy (non-hydrogen) atoms. The predicted molar refractivity (Wildman–Crippen MR) is 92.9 cm³/mol. The number of rotatable bonds is 5. The molecule has 1 aromatic heterocycles. The van der Waals surface area contributed by atoms with Crippen molar-refractivity contribution in [1.82, 2.24) is 5.27 Å². The summed E-state index contributed by atoms with van der Waals surface area (Å²) < 4.78 is 6.14. The monoisotopic (exact) mass is 375 g/mol. The van der Waals surface area contributed by atoms with Gasteiger partial charge in [-0.3, -0.25) is 4.79 Å². The highest BCUT2D eigenvalue weighted by Gasteiger charge is 2.26. The quantitative estimate of drug-likeness (QED) is 0.547. The molecule has 1 atom stereocenters. The highest BCUT2D eigenvalue weighted by Crippen LogP contribution is 2.28. The van der Waals surface area contributed by atoms with E-state index in [0.717, 1.165) is 11.8 Å². The number of nitrogens with one attached hydrogen (secondary N) is 1. The van der Waals surface area contributed by atoms with Crippen molar-refractivity contribution in [3.05, 3.63) is 59.6 Å². The Hall–Kier alpha value is -2.51. The molecule has 1 amide bonds. The third kappa shape index (κ3) is 4.12. The summed E-state index contributed by atoms with van der Waals surface area (Å²) in [6.45, 7) is 1.71. The number of carbonyl (C=O) groups is 1. The van der Waals surface area contributed by atoms with Crippen LogP contribution in [0.4, 0.5) is 5.69 Å². The zero-order valence-electron chi connectivity index (χ0n) is 13.2. The molecule has 2 aromatic carbocycles. The summed E-state index contributed by atoms with van der Waals surface area (Å²) in [5, 5.41) is 18.8. The van der Waals surface area contributed by atoms with Gasteiger partial charge in [-0.15, -0.1) is 0 Å². The van der Waals surface area contributed by atoms with Gasteiger partial charge in [0.15, 0.2) is 5.95 Å². The van der Waals surface area contributed by atoms with Gasteiger partial charge in [-0.1, -0.05) is 29.8 Å². The largest absolute Gasteiger partial charge is 0.538 e. The zero-order valence-corrected chi connectivity index (χ0v) is 14.8. The van der Waals surface area contributed by atoms with Crippen molar-refractivity contribution in [2.24, 2.45) is 0 Å². The molecular formula is C17H14ClN3O3S. The Labute approximate surface area is 153 Å². The van der Waals surface area contributed by atoms with Crippen molar-refractivity contribution in [3.63, 3.8) is 0 Å². The number of carbonyl (C=O) groups excluding carboxylic acids is 1. The van der Waals surface area contributed by atoms with E-state index in [9.17, 15) is 9.90 Å². The highest BCUT2D eigenvalue weighted by molar-refractivity contribution is 8.00. The number of halogens is 1. The summed E-state index contributed by atoms with van der Waals surface area (Å²) in [6, 6.07) is 15.9. The first-order chi connectivity index (χ1) is 12.0. The summed E-state index contributed by atoms with van der Waals surface area (Å²) in [4.78, 5) is 12.4. The zero-order chi connectivity index (χ0) is 17.8. The van der Waals surface area contributed by atoms with E-state index in [-0.39, 0.29) is 10.9 Å². The van der Waals surface area contributed by atoms with E-state index in [4.69, 9.17) is 16.1 Å². The molecule has 0 bridgehead atoms. The van der Waals surface area contributed by atoms with Crippen LogP contribution >= 0.6 is 23.4 Å². The molecule has 0 radical (unpaired) electrons. The maximum absolute atomic E-state index is 12.4. The van der Waals surface area contributed by atoms with E-state index in [1.54, 1.807) is 43.3 Å². The fraction of sp³-hybridized carbons (Fsp3) is 0.118. The van der Waals surface area contributed by atoms with E-state index in [1.807, 2.05) is 18.2 Å². The van der Waals surface area contributed by atoms with Crippen LogP contribution in [0.15, 0.2) is 64.1 Å². The maximum atomic E-state index is 12.4. The molecule has 0 saturated heterocycles. The molecular weight excluding hydrogens is 362 g/mol. The maximum Gasteiger partial charge on any atom is 0.298 e. The standard InChI is InChI=1S/C17H14ClN3O3S/c1-11(15(22)19-13-9-7-12(18)8-10-13)25-16-17(23)24-20-21(16)14-5-3-2-4-6-14/h2-11H,1H3,(H-,19,20,22,23). The van der Waals surface area contributed by atoms with Gasteiger partial charge in [-0.2, -0.15) is 0 Å². The number of aromatic nitrogens is 2. The van der Waals surface area contributed by atoms with Gasteiger partial charge in [0.2, 0.25) is 11.6 Å². The molecule has 128 valence electrons. The molecule has 0 spiro atoms.